The summed E-state index contributed by atoms with van der Waals surface area (Å²) in [7, 11) is 3.69. The Bertz CT molecular complexity index is 1340. The summed E-state index contributed by atoms with van der Waals surface area (Å²) in [4.78, 5) is 14.9. The molecule has 1 amide bonds. The second kappa shape index (κ2) is 12.7. The monoisotopic (exact) mass is 542 g/mol. The number of amides is 1. The predicted octanol–water partition coefficient (Wildman–Crippen LogP) is 3.88. The maximum absolute atomic E-state index is 13.7. The highest BCUT2D eigenvalue weighted by atomic mass is 32.2. The molecule has 10 heteroatoms. The molecule has 0 unspecified atom stereocenters. The van der Waals surface area contributed by atoms with E-state index in [0.29, 0.717) is 28.6 Å². The summed E-state index contributed by atoms with van der Waals surface area (Å²) >= 11 is 0. The Hall–Kier alpha value is -3.76. The molecule has 3 rings (SSSR count). The number of aryl methyl sites for hydroxylation is 1. The molecule has 0 N–H and O–H groups in total. The Kier molecular flexibility index (Phi) is 9.60. The van der Waals surface area contributed by atoms with Gasteiger partial charge in [0, 0.05) is 20.1 Å². The van der Waals surface area contributed by atoms with Gasteiger partial charge in [-0.2, -0.15) is 4.31 Å². The number of methoxy groups -OCH3 is 4. The highest BCUT2D eigenvalue weighted by molar-refractivity contribution is 7.89. The summed E-state index contributed by atoms with van der Waals surface area (Å²) in [5, 5.41) is 0. The molecule has 3 aromatic rings. The van der Waals surface area contributed by atoms with Crippen molar-refractivity contribution in [1.29, 1.82) is 0 Å². The number of benzene rings is 3. The zero-order chi connectivity index (χ0) is 27.9. The first-order valence-corrected chi connectivity index (χ1v) is 13.3. The van der Waals surface area contributed by atoms with Gasteiger partial charge in [-0.05, 0) is 53.9 Å². The number of sulfonamides is 1. The fourth-order valence-electron chi connectivity index (χ4n) is 4.03. The van der Waals surface area contributed by atoms with Crippen molar-refractivity contribution in [2.75, 3.05) is 42.0 Å². The highest BCUT2D eigenvalue weighted by Crippen LogP contribution is 2.38. The van der Waals surface area contributed by atoms with Crippen LogP contribution in [0.3, 0.4) is 0 Å². The summed E-state index contributed by atoms with van der Waals surface area (Å²) < 4.78 is 50.1. The molecule has 0 atom stereocenters. The van der Waals surface area contributed by atoms with Crippen LogP contribution in [0.2, 0.25) is 0 Å². The smallest absolute Gasteiger partial charge is 0.243 e. The van der Waals surface area contributed by atoms with Crippen LogP contribution in [0.15, 0.2) is 65.6 Å². The molecule has 0 fully saturated rings. The molecule has 0 saturated carbocycles. The Morgan fingerprint density at radius 2 is 1.37 bits per heavy atom. The lowest BCUT2D eigenvalue weighted by atomic mass is 10.1. The molecule has 0 aliphatic carbocycles. The second-order valence-corrected chi connectivity index (χ2v) is 10.6. The van der Waals surface area contributed by atoms with Gasteiger partial charge in [-0.1, -0.05) is 30.3 Å². The van der Waals surface area contributed by atoms with Crippen LogP contribution < -0.4 is 18.9 Å². The van der Waals surface area contributed by atoms with Crippen LogP contribution in [0.25, 0.3) is 0 Å². The number of carbonyl (C=O) groups is 1. The fourth-order valence-corrected chi connectivity index (χ4v) is 5.50. The lowest BCUT2D eigenvalue weighted by molar-refractivity contribution is -0.130. The zero-order valence-electron chi connectivity index (χ0n) is 22.6. The van der Waals surface area contributed by atoms with Crippen molar-refractivity contribution < 1.29 is 32.2 Å². The molecular formula is C28H34N2O7S. The molecule has 9 nitrogen and oxygen atoms in total. The molecule has 0 spiro atoms. The van der Waals surface area contributed by atoms with Crippen LogP contribution in [-0.4, -0.2) is 65.6 Å². The van der Waals surface area contributed by atoms with Crippen LogP contribution >= 0.6 is 0 Å². The SMILES string of the molecule is COc1ccc(S(=O)(=O)N(CC(=O)N(C)Cc2cc(OC)c(OC)c(OC)c2)Cc2ccccc2)cc1C. The quantitative estimate of drug-likeness (QED) is 0.343. The number of likely N-dealkylation sites (N-methyl/N-ethyl adjacent to an activating group) is 1. The second-order valence-electron chi connectivity index (χ2n) is 8.67. The van der Waals surface area contributed by atoms with Gasteiger partial charge in [0.25, 0.3) is 0 Å². The Morgan fingerprint density at radius 3 is 1.89 bits per heavy atom. The highest BCUT2D eigenvalue weighted by Gasteiger charge is 2.29. The van der Waals surface area contributed by atoms with Crippen LogP contribution in [-0.2, 0) is 27.9 Å². The number of ether oxygens (including phenoxy) is 4. The van der Waals surface area contributed by atoms with Gasteiger partial charge in [-0.3, -0.25) is 4.79 Å². The maximum atomic E-state index is 13.7. The largest absolute Gasteiger partial charge is 0.496 e. The van der Waals surface area contributed by atoms with Gasteiger partial charge < -0.3 is 23.8 Å². The first kappa shape index (κ1) is 28.8. The van der Waals surface area contributed by atoms with Gasteiger partial charge in [-0.25, -0.2) is 8.42 Å². The number of carbonyl (C=O) groups excluding carboxylic acids is 1. The third-order valence-electron chi connectivity index (χ3n) is 6.09. The van der Waals surface area contributed by atoms with Crippen molar-refractivity contribution in [3.63, 3.8) is 0 Å². The van der Waals surface area contributed by atoms with Crippen molar-refractivity contribution in [2.45, 2.75) is 24.9 Å². The molecule has 38 heavy (non-hydrogen) atoms. The van der Waals surface area contributed by atoms with Gasteiger partial charge >= 0.3 is 0 Å². The summed E-state index contributed by atoms with van der Waals surface area (Å²) in [6.45, 7) is 1.67. The summed E-state index contributed by atoms with van der Waals surface area (Å²) in [6, 6.07) is 17.3. The van der Waals surface area contributed by atoms with E-state index >= 15 is 0 Å². The van der Waals surface area contributed by atoms with Gasteiger partial charge in [-0.15, -0.1) is 0 Å². The molecular weight excluding hydrogens is 508 g/mol. The average Bonchev–Trinajstić information content (AvgIpc) is 2.92. The van der Waals surface area contributed by atoms with Crippen molar-refractivity contribution in [2.24, 2.45) is 0 Å². The van der Waals surface area contributed by atoms with Crippen LogP contribution in [0.5, 0.6) is 23.0 Å². The van der Waals surface area contributed by atoms with Crippen LogP contribution in [0.1, 0.15) is 16.7 Å². The van der Waals surface area contributed by atoms with Crippen molar-refractivity contribution in [3.05, 3.63) is 77.4 Å². The minimum Gasteiger partial charge on any atom is -0.496 e. The fraction of sp³-hybridized carbons (Fsp3) is 0.321. The number of hydrogen-bond donors (Lipinski definition) is 0. The van der Waals surface area contributed by atoms with Gasteiger partial charge in [0.1, 0.15) is 5.75 Å². The molecule has 204 valence electrons. The van der Waals surface area contributed by atoms with E-state index in [9.17, 15) is 13.2 Å². The summed E-state index contributed by atoms with van der Waals surface area (Å²) in [5.41, 5.74) is 2.18. The van der Waals surface area contributed by atoms with E-state index in [4.69, 9.17) is 18.9 Å². The van der Waals surface area contributed by atoms with E-state index in [1.54, 1.807) is 38.2 Å². The third-order valence-corrected chi connectivity index (χ3v) is 7.88. The topological polar surface area (TPSA) is 94.6 Å². The van der Waals surface area contributed by atoms with Crippen LogP contribution in [0.4, 0.5) is 0 Å². The maximum Gasteiger partial charge on any atom is 0.243 e. The van der Waals surface area contributed by atoms with E-state index in [2.05, 4.69) is 0 Å². The minimum absolute atomic E-state index is 0.0397. The molecule has 0 aliphatic heterocycles. The predicted molar refractivity (Wildman–Crippen MR) is 144 cm³/mol. The zero-order valence-corrected chi connectivity index (χ0v) is 23.4. The lowest BCUT2D eigenvalue weighted by Crippen LogP contribution is -2.41. The number of hydrogen-bond acceptors (Lipinski definition) is 7. The first-order chi connectivity index (χ1) is 18.1. The lowest BCUT2D eigenvalue weighted by Gasteiger charge is -2.26. The normalized spacial score (nSPS) is 11.2. The van der Waals surface area contributed by atoms with Crippen molar-refractivity contribution >= 4 is 15.9 Å². The van der Waals surface area contributed by atoms with E-state index in [1.807, 2.05) is 30.3 Å². The molecule has 0 saturated heterocycles. The van der Waals surface area contributed by atoms with Gasteiger partial charge in [0.2, 0.25) is 21.7 Å². The molecule has 0 aromatic heterocycles. The number of rotatable bonds is 12. The molecule has 0 heterocycles. The van der Waals surface area contributed by atoms with Crippen molar-refractivity contribution in [1.82, 2.24) is 9.21 Å². The van der Waals surface area contributed by atoms with Gasteiger partial charge in [0.05, 0.1) is 39.9 Å². The minimum atomic E-state index is -4.00. The summed E-state index contributed by atoms with van der Waals surface area (Å²) in [6.07, 6.45) is 0. The van der Waals surface area contributed by atoms with Crippen molar-refractivity contribution in [3.8, 4) is 23.0 Å². The third kappa shape index (κ3) is 6.56. The molecule has 0 aliphatic rings. The average molecular weight is 543 g/mol. The van der Waals surface area contributed by atoms with Gasteiger partial charge in [0.15, 0.2) is 11.5 Å². The van der Waals surface area contributed by atoms with E-state index in [-0.39, 0.29) is 30.4 Å². The molecule has 0 bridgehead atoms. The van der Waals surface area contributed by atoms with E-state index in [1.165, 1.54) is 43.7 Å². The molecule has 0 radical (unpaired) electrons. The van der Waals surface area contributed by atoms with E-state index < -0.39 is 10.0 Å². The molecule has 3 aromatic carbocycles. The Morgan fingerprint density at radius 1 is 0.763 bits per heavy atom. The summed E-state index contributed by atoms with van der Waals surface area (Å²) in [5.74, 6) is 1.59. The first-order valence-electron chi connectivity index (χ1n) is 11.9. The van der Waals surface area contributed by atoms with E-state index in [0.717, 1.165) is 11.1 Å². The Labute approximate surface area is 224 Å². The number of nitrogens with zero attached hydrogens (tertiary/aromatic N) is 2. The Balaban J connectivity index is 1.89. The standard InChI is InChI=1S/C28H34N2O7S/c1-20-14-23(12-13-24(20)34-3)38(32,33)30(18-21-10-8-7-9-11-21)19-27(31)29(2)17-22-15-25(35-4)28(37-6)26(16-22)36-5/h7-16H,17-19H2,1-6H3. The van der Waals surface area contributed by atoms with Crippen LogP contribution in [0, 0.1) is 6.92 Å².